The monoisotopic (exact) mass is 522 g/mol. The van der Waals surface area contributed by atoms with Crippen molar-refractivity contribution in [2.75, 3.05) is 20.6 Å². The molecule has 9 nitrogen and oxygen atoms in total. The van der Waals surface area contributed by atoms with E-state index >= 15 is 0 Å². The lowest BCUT2D eigenvalue weighted by Crippen LogP contribution is -2.41. The van der Waals surface area contributed by atoms with Gasteiger partial charge < -0.3 is 10.2 Å². The van der Waals surface area contributed by atoms with Crippen LogP contribution in [0, 0.1) is 0 Å². The van der Waals surface area contributed by atoms with E-state index in [-0.39, 0.29) is 23.9 Å². The summed E-state index contributed by atoms with van der Waals surface area (Å²) in [4.78, 5) is 39.6. The minimum absolute atomic E-state index is 0.0290. The highest BCUT2D eigenvalue weighted by atomic mass is 35.5. The number of hydrogen-bond acceptors (Lipinski definition) is 7. The topological polar surface area (TPSA) is 110 Å². The summed E-state index contributed by atoms with van der Waals surface area (Å²) < 4.78 is 1.47. The van der Waals surface area contributed by atoms with Gasteiger partial charge in [-0.2, -0.15) is 4.68 Å². The summed E-state index contributed by atoms with van der Waals surface area (Å²) in [6.07, 6.45) is 6.84. The van der Waals surface area contributed by atoms with E-state index in [1.54, 1.807) is 48.5 Å². The van der Waals surface area contributed by atoms with Crippen LogP contribution in [0.4, 0.5) is 0 Å². The molecule has 0 saturated carbocycles. The Kier molecular flexibility index (Phi) is 10.2. The Bertz CT molecular complexity index is 1240. The Hall–Kier alpha value is -3.69. The molecule has 0 radical (unpaired) electrons. The van der Waals surface area contributed by atoms with Crippen LogP contribution in [0.1, 0.15) is 47.7 Å². The molecule has 3 rings (SSSR count). The van der Waals surface area contributed by atoms with Crippen molar-refractivity contribution in [1.29, 1.82) is 0 Å². The van der Waals surface area contributed by atoms with Crippen LogP contribution in [0.3, 0.4) is 0 Å². The second kappa shape index (κ2) is 13.6. The highest BCUT2D eigenvalue weighted by Gasteiger charge is 2.20. The van der Waals surface area contributed by atoms with E-state index < -0.39 is 6.04 Å². The molecule has 0 bridgehead atoms. The van der Waals surface area contributed by atoms with Crippen LogP contribution in [0.25, 0.3) is 11.8 Å². The Morgan fingerprint density at radius 1 is 1.11 bits per heavy atom. The smallest absolute Gasteiger partial charge is 0.244 e. The van der Waals surface area contributed by atoms with Crippen molar-refractivity contribution in [1.82, 2.24) is 30.4 Å². The maximum absolute atomic E-state index is 13.2. The summed E-state index contributed by atoms with van der Waals surface area (Å²) in [5, 5.41) is 14.6. The van der Waals surface area contributed by atoms with E-state index in [1.165, 1.54) is 24.0 Å². The molecule has 1 amide bonds. The first-order valence-corrected chi connectivity index (χ1v) is 12.4. The van der Waals surface area contributed by atoms with Crippen LogP contribution < -0.4 is 5.32 Å². The number of nitrogens with zero attached hydrogens (tertiary/aromatic N) is 5. The number of carbonyl (C=O) groups is 3. The number of carbonyl (C=O) groups excluding carboxylic acids is 3. The Morgan fingerprint density at radius 3 is 2.51 bits per heavy atom. The van der Waals surface area contributed by atoms with Crippen molar-refractivity contribution in [2.45, 2.75) is 38.6 Å². The molecule has 2 aromatic carbocycles. The molecule has 10 heteroatoms. The van der Waals surface area contributed by atoms with E-state index in [4.69, 9.17) is 11.6 Å². The number of benzene rings is 2. The molecule has 1 N–H and O–H groups in total. The van der Waals surface area contributed by atoms with Gasteiger partial charge in [-0.3, -0.25) is 14.4 Å². The van der Waals surface area contributed by atoms with Crippen molar-refractivity contribution in [3.63, 3.8) is 0 Å². The van der Waals surface area contributed by atoms with Gasteiger partial charge in [-0.25, -0.2) is 0 Å². The number of aromatic nitrogens is 4. The molecular weight excluding hydrogens is 492 g/mol. The summed E-state index contributed by atoms with van der Waals surface area (Å²) >= 11 is 6.15. The number of nitrogens with one attached hydrogen (secondary N) is 1. The molecule has 0 unspecified atom stereocenters. The van der Waals surface area contributed by atoms with Crippen LogP contribution in [0.15, 0.2) is 54.9 Å². The summed E-state index contributed by atoms with van der Waals surface area (Å²) in [6.45, 7) is 2.40. The molecule has 0 spiro atoms. The maximum atomic E-state index is 13.2. The van der Waals surface area contributed by atoms with Crippen molar-refractivity contribution in [3.8, 4) is 5.69 Å². The fourth-order valence-corrected chi connectivity index (χ4v) is 3.98. The average Bonchev–Trinajstić information content (AvgIpc) is 3.39. The SMILES string of the molecule is CC(=O)c1ccc(CC(=O)[C@H](CCCCN(C)C)NC(=O)/C=C/c2cc(Cl)ccc2-n2cnnn2)cc1. The molecule has 1 atom stereocenters. The van der Waals surface area contributed by atoms with Crippen LogP contribution >= 0.6 is 11.6 Å². The number of hydrogen-bond donors (Lipinski definition) is 1. The molecule has 1 aromatic heterocycles. The maximum Gasteiger partial charge on any atom is 0.244 e. The van der Waals surface area contributed by atoms with Crippen LogP contribution in [-0.2, 0) is 16.0 Å². The van der Waals surface area contributed by atoms with Gasteiger partial charge in [0.1, 0.15) is 6.33 Å². The highest BCUT2D eigenvalue weighted by Crippen LogP contribution is 2.20. The summed E-state index contributed by atoms with van der Waals surface area (Å²) in [5.74, 6) is -0.501. The fourth-order valence-electron chi connectivity index (χ4n) is 3.80. The minimum atomic E-state index is -0.634. The third-order valence-corrected chi connectivity index (χ3v) is 6.03. The van der Waals surface area contributed by atoms with Gasteiger partial charge in [0.15, 0.2) is 11.6 Å². The number of ketones is 2. The van der Waals surface area contributed by atoms with E-state index in [1.807, 2.05) is 14.1 Å². The predicted octanol–water partition coefficient (Wildman–Crippen LogP) is 3.56. The van der Waals surface area contributed by atoms with Crippen LogP contribution in [-0.4, -0.2) is 69.3 Å². The third kappa shape index (κ3) is 8.73. The second-order valence-corrected chi connectivity index (χ2v) is 9.48. The highest BCUT2D eigenvalue weighted by molar-refractivity contribution is 6.30. The van der Waals surface area contributed by atoms with Gasteiger partial charge in [-0.05, 0) is 87.1 Å². The normalized spacial score (nSPS) is 12.1. The third-order valence-electron chi connectivity index (χ3n) is 5.79. The lowest BCUT2D eigenvalue weighted by atomic mass is 9.98. The van der Waals surface area contributed by atoms with E-state index in [0.717, 1.165) is 24.9 Å². The Labute approximate surface area is 221 Å². The molecule has 194 valence electrons. The van der Waals surface area contributed by atoms with Gasteiger partial charge in [0.2, 0.25) is 5.91 Å². The lowest BCUT2D eigenvalue weighted by molar-refractivity contribution is -0.125. The van der Waals surface area contributed by atoms with E-state index in [2.05, 4.69) is 25.7 Å². The molecule has 1 heterocycles. The first-order chi connectivity index (χ1) is 17.7. The van der Waals surface area contributed by atoms with Gasteiger partial charge in [0.25, 0.3) is 0 Å². The molecule has 0 aliphatic heterocycles. The summed E-state index contributed by atoms with van der Waals surface area (Å²) in [5.41, 5.74) is 2.69. The van der Waals surface area contributed by atoms with Crippen molar-refractivity contribution in [3.05, 3.63) is 76.6 Å². The van der Waals surface area contributed by atoms with Gasteiger partial charge in [-0.1, -0.05) is 35.9 Å². The van der Waals surface area contributed by atoms with Crippen molar-refractivity contribution < 1.29 is 14.4 Å². The minimum Gasteiger partial charge on any atom is -0.343 e. The molecule has 0 aliphatic rings. The Morgan fingerprint density at radius 2 is 1.86 bits per heavy atom. The number of amides is 1. The first kappa shape index (κ1) is 27.9. The molecule has 3 aromatic rings. The van der Waals surface area contributed by atoms with Crippen molar-refractivity contribution in [2.24, 2.45) is 0 Å². The Balaban J connectivity index is 1.71. The molecule has 0 fully saturated rings. The fraction of sp³-hybridized carbons (Fsp3) is 0.333. The van der Waals surface area contributed by atoms with E-state index in [9.17, 15) is 14.4 Å². The van der Waals surface area contributed by atoms with Gasteiger partial charge in [0.05, 0.1) is 11.7 Å². The predicted molar refractivity (Wildman–Crippen MR) is 143 cm³/mol. The quantitative estimate of drug-likeness (QED) is 0.207. The number of Topliss-reactive ketones (excluding diaryl/α,β-unsaturated/α-hetero) is 2. The van der Waals surface area contributed by atoms with Gasteiger partial charge in [0, 0.05) is 28.6 Å². The van der Waals surface area contributed by atoms with E-state index in [0.29, 0.717) is 28.3 Å². The van der Waals surface area contributed by atoms with Crippen molar-refractivity contribution >= 4 is 35.2 Å². The zero-order chi connectivity index (χ0) is 26.8. The lowest BCUT2D eigenvalue weighted by Gasteiger charge is -2.18. The van der Waals surface area contributed by atoms with Gasteiger partial charge in [-0.15, -0.1) is 5.10 Å². The molecule has 0 aliphatic carbocycles. The largest absolute Gasteiger partial charge is 0.343 e. The van der Waals surface area contributed by atoms with Crippen LogP contribution in [0.5, 0.6) is 0 Å². The van der Waals surface area contributed by atoms with Gasteiger partial charge >= 0.3 is 0 Å². The summed E-state index contributed by atoms with van der Waals surface area (Å²) in [6, 6.07) is 11.5. The van der Waals surface area contributed by atoms with Crippen LogP contribution in [0.2, 0.25) is 5.02 Å². The summed E-state index contributed by atoms with van der Waals surface area (Å²) in [7, 11) is 4.00. The zero-order valence-electron chi connectivity index (χ0n) is 21.2. The second-order valence-electron chi connectivity index (χ2n) is 9.05. The number of rotatable bonds is 13. The number of tetrazole rings is 1. The number of halogens is 1. The number of unbranched alkanes of at least 4 members (excludes halogenated alkanes) is 1. The standard InChI is InChI=1S/C27H31ClN6O3/c1-19(35)21-9-7-20(8-10-21)16-26(36)24(6-4-5-15-33(2)3)30-27(37)14-11-22-17-23(28)12-13-25(22)34-18-29-31-32-34/h7-14,17-18,24H,4-6,15-16H2,1-3H3,(H,30,37)/b14-11+/t24-/m0/s1. The first-order valence-electron chi connectivity index (χ1n) is 12.0. The molecular formula is C27H31ClN6O3. The molecule has 37 heavy (non-hydrogen) atoms. The average molecular weight is 523 g/mol. The zero-order valence-corrected chi connectivity index (χ0v) is 22.0. The molecule has 0 saturated heterocycles.